The number of aryl methyl sites for hydroxylation is 2. The summed E-state index contributed by atoms with van der Waals surface area (Å²) in [7, 11) is 1.65. The minimum absolute atomic E-state index is 0.129. The minimum atomic E-state index is 0.129. The van der Waals surface area contributed by atoms with Gasteiger partial charge in [0.05, 0.1) is 38.0 Å². The maximum atomic E-state index is 6.03. The molecule has 152 valence electrons. The van der Waals surface area contributed by atoms with Gasteiger partial charge in [0.1, 0.15) is 11.9 Å². The van der Waals surface area contributed by atoms with Crippen LogP contribution in [0.5, 0.6) is 11.6 Å². The Kier molecular flexibility index (Phi) is 5.62. The van der Waals surface area contributed by atoms with Gasteiger partial charge in [-0.1, -0.05) is 0 Å². The molecule has 2 aromatic heterocycles. The van der Waals surface area contributed by atoms with Crippen LogP contribution in [-0.2, 0) is 4.74 Å². The van der Waals surface area contributed by atoms with Crippen molar-refractivity contribution in [2.45, 2.75) is 32.8 Å². The zero-order chi connectivity index (χ0) is 20.2. The van der Waals surface area contributed by atoms with Crippen LogP contribution in [0.3, 0.4) is 0 Å². The fourth-order valence-corrected chi connectivity index (χ4v) is 3.27. The van der Waals surface area contributed by atoms with Crippen LogP contribution in [0.2, 0.25) is 0 Å². The molecule has 4 rings (SSSR count). The molecule has 1 aliphatic rings. The van der Waals surface area contributed by atoms with Gasteiger partial charge in [-0.3, -0.25) is 0 Å². The highest BCUT2D eigenvalue weighted by Gasteiger charge is 2.17. The van der Waals surface area contributed by atoms with E-state index in [1.807, 2.05) is 48.9 Å². The third-order valence-corrected chi connectivity index (χ3v) is 4.71. The molecule has 0 amide bonds. The maximum absolute atomic E-state index is 6.03. The average Bonchev–Trinajstić information content (AvgIpc) is 3.14. The second-order valence-corrected chi connectivity index (χ2v) is 7.03. The first-order chi connectivity index (χ1) is 14.1. The Morgan fingerprint density at radius 2 is 1.93 bits per heavy atom. The number of hydrogen-bond donors (Lipinski definition) is 1. The van der Waals surface area contributed by atoms with Crippen LogP contribution in [-0.4, -0.2) is 45.9 Å². The second-order valence-electron chi connectivity index (χ2n) is 7.03. The van der Waals surface area contributed by atoms with Gasteiger partial charge in [0.2, 0.25) is 11.8 Å². The highest BCUT2D eigenvalue weighted by molar-refractivity contribution is 5.62. The van der Waals surface area contributed by atoms with E-state index < -0.39 is 0 Å². The lowest BCUT2D eigenvalue weighted by Gasteiger charge is -2.23. The van der Waals surface area contributed by atoms with Gasteiger partial charge in [-0.25, -0.2) is 9.97 Å². The van der Waals surface area contributed by atoms with E-state index in [1.54, 1.807) is 13.4 Å². The van der Waals surface area contributed by atoms with Crippen LogP contribution in [0.15, 0.2) is 36.8 Å². The molecule has 1 N–H and O–H groups in total. The second kappa shape index (κ2) is 8.48. The molecule has 8 nitrogen and oxygen atoms in total. The van der Waals surface area contributed by atoms with Gasteiger partial charge in [-0.05, 0) is 26.0 Å². The van der Waals surface area contributed by atoms with E-state index in [2.05, 4.69) is 20.3 Å². The molecule has 1 aliphatic heterocycles. The normalized spacial score (nSPS) is 14.6. The SMILES string of the molecule is COc1cc(Nc2nc(C)cc(OC3CCOCC3)n2)ccc1-n1cnc(C)c1. The van der Waals surface area contributed by atoms with Crippen molar-refractivity contribution in [3.63, 3.8) is 0 Å². The molecule has 1 fully saturated rings. The average molecular weight is 395 g/mol. The van der Waals surface area contributed by atoms with E-state index in [0.29, 0.717) is 11.8 Å². The van der Waals surface area contributed by atoms with Gasteiger partial charge in [-0.2, -0.15) is 4.98 Å². The number of methoxy groups -OCH3 is 1. The van der Waals surface area contributed by atoms with Gasteiger partial charge in [0.15, 0.2) is 0 Å². The van der Waals surface area contributed by atoms with Crippen molar-refractivity contribution < 1.29 is 14.2 Å². The van der Waals surface area contributed by atoms with E-state index in [9.17, 15) is 0 Å². The topological polar surface area (TPSA) is 83.3 Å². The first-order valence-electron chi connectivity index (χ1n) is 9.67. The summed E-state index contributed by atoms with van der Waals surface area (Å²) in [5, 5.41) is 3.25. The molecule has 0 unspecified atom stereocenters. The van der Waals surface area contributed by atoms with Gasteiger partial charge < -0.3 is 24.1 Å². The fraction of sp³-hybridized carbons (Fsp3) is 0.381. The summed E-state index contributed by atoms with van der Waals surface area (Å²) in [6, 6.07) is 7.69. The summed E-state index contributed by atoms with van der Waals surface area (Å²) < 4.78 is 18.9. The van der Waals surface area contributed by atoms with Crippen LogP contribution in [0.4, 0.5) is 11.6 Å². The van der Waals surface area contributed by atoms with Gasteiger partial charge in [0, 0.05) is 42.6 Å². The number of benzene rings is 1. The third kappa shape index (κ3) is 4.65. The lowest BCUT2D eigenvalue weighted by Crippen LogP contribution is -2.26. The summed E-state index contributed by atoms with van der Waals surface area (Å²) >= 11 is 0. The molecule has 0 atom stereocenters. The third-order valence-electron chi connectivity index (χ3n) is 4.71. The molecule has 0 radical (unpaired) electrons. The molecule has 3 aromatic rings. The van der Waals surface area contributed by atoms with Crippen molar-refractivity contribution in [2.75, 3.05) is 25.6 Å². The standard InChI is InChI=1S/C21H25N5O3/c1-14-10-20(29-17-6-8-28-9-7-17)25-21(23-14)24-16-4-5-18(19(11-16)27-3)26-12-15(2)22-13-26/h4-5,10-13,17H,6-9H2,1-3H3,(H,23,24,25). The van der Waals surface area contributed by atoms with Crippen molar-refractivity contribution in [3.8, 4) is 17.3 Å². The number of hydrogen-bond acceptors (Lipinski definition) is 7. The van der Waals surface area contributed by atoms with Gasteiger partial charge in [0.25, 0.3) is 0 Å². The van der Waals surface area contributed by atoms with E-state index in [0.717, 1.165) is 54.6 Å². The lowest BCUT2D eigenvalue weighted by atomic mass is 10.1. The number of rotatable bonds is 6. The van der Waals surface area contributed by atoms with E-state index in [1.165, 1.54) is 0 Å². The summed E-state index contributed by atoms with van der Waals surface area (Å²) in [4.78, 5) is 13.3. The van der Waals surface area contributed by atoms with Crippen molar-refractivity contribution >= 4 is 11.6 Å². The van der Waals surface area contributed by atoms with Crippen LogP contribution >= 0.6 is 0 Å². The Hall–Kier alpha value is -3.13. The summed E-state index contributed by atoms with van der Waals surface area (Å²) in [5.41, 5.74) is 3.51. The Labute approximate surface area is 169 Å². The van der Waals surface area contributed by atoms with Crippen molar-refractivity contribution in [2.24, 2.45) is 0 Å². The first kappa shape index (κ1) is 19.2. The van der Waals surface area contributed by atoms with Crippen LogP contribution in [0.25, 0.3) is 5.69 Å². The highest BCUT2D eigenvalue weighted by atomic mass is 16.5. The molecule has 29 heavy (non-hydrogen) atoms. The van der Waals surface area contributed by atoms with Crippen LogP contribution in [0, 0.1) is 13.8 Å². The predicted molar refractivity (Wildman–Crippen MR) is 109 cm³/mol. The molecule has 0 aliphatic carbocycles. The molecule has 8 heteroatoms. The molecule has 0 bridgehead atoms. The Balaban J connectivity index is 1.54. The minimum Gasteiger partial charge on any atom is -0.494 e. The maximum Gasteiger partial charge on any atom is 0.230 e. The Bertz CT molecular complexity index is 982. The molecule has 0 spiro atoms. The lowest BCUT2D eigenvalue weighted by molar-refractivity contribution is 0.0237. The summed E-state index contributed by atoms with van der Waals surface area (Å²) in [6.45, 7) is 5.33. The molecule has 1 saturated heterocycles. The number of nitrogens with one attached hydrogen (secondary N) is 1. The highest BCUT2D eigenvalue weighted by Crippen LogP contribution is 2.28. The zero-order valence-electron chi connectivity index (χ0n) is 16.9. The number of imidazole rings is 1. The molecule has 3 heterocycles. The zero-order valence-corrected chi connectivity index (χ0v) is 16.9. The van der Waals surface area contributed by atoms with Crippen LogP contribution in [0.1, 0.15) is 24.2 Å². The monoisotopic (exact) mass is 395 g/mol. The molecule has 1 aromatic carbocycles. The number of ether oxygens (including phenoxy) is 3. The van der Waals surface area contributed by atoms with E-state index in [-0.39, 0.29) is 6.10 Å². The molecular weight excluding hydrogens is 370 g/mol. The summed E-state index contributed by atoms with van der Waals surface area (Å²) in [5.74, 6) is 1.78. The Morgan fingerprint density at radius 1 is 1.10 bits per heavy atom. The number of aromatic nitrogens is 4. The molecule has 0 saturated carbocycles. The summed E-state index contributed by atoms with van der Waals surface area (Å²) in [6.07, 6.45) is 5.60. The number of nitrogens with zero attached hydrogens (tertiary/aromatic N) is 4. The van der Waals surface area contributed by atoms with Crippen molar-refractivity contribution in [3.05, 3.63) is 48.2 Å². The first-order valence-corrected chi connectivity index (χ1v) is 9.67. The predicted octanol–water partition coefficient (Wildman–Crippen LogP) is 3.59. The fourth-order valence-electron chi connectivity index (χ4n) is 3.27. The van der Waals surface area contributed by atoms with Gasteiger partial charge >= 0.3 is 0 Å². The largest absolute Gasteiger partial charge is 0.494 e. The Morgan fingerprint density at radius 3 is 2.66 bits per heavy atom. The van der Waals surface area contributed by atoms with Crippen molar-refractivity contribution in [1.29, 1.82) is 0 Å². The number of anilines is 2. The van der Waals surface area contributed by atoms with Crippen molar-refractivity contribution in [1.82, 2.24) is 19.5 Å². The van der Waals surface area contributed by atoms with Gasteiger partial charge in [-0.15, -0.1) is 0 Å². The smallest absolute Gasteiger partial charge is 0.230 e. The quantitative estimate of drug-likeness (QED) is 0.683. The van der Waals surface area contributed by atoms with E-state index in [4.69, 9.17) is 14.2 Å². The van der Waals surface area contributed by atoms with Crippen LogP contribution < -0.4 is 14.8 Å². The van der Waals surface area contributed by atoms with E-state index >= 15 is 0 Å². The molecular formula is C21H25N5O3.